The van der Waals surface area contributed by atoms with Crippen molar-refractivity contribution in [3.05, 3.63) is 35.4 Å². The van der Waals surface area contributed by atoms with Gasteiger partial charge >= 0.3 is 6.03 Å². The van der Waals surface area contributed by atoms with E-state index in [1.807, 2.05) is 6.92 Å². The summed E-state index contributed by atoms with van der Waals surface area (Å²) in [4.78, 5) is 20.2. The highest BCUT2D eigenvalue weighted by Gasteiger charge is 2.14. The van der Waals surface area contributed by atoms with E-state index in [4.69, 9.17) is 0 Å². The number of hydrogen-bond acceptors (Lipinski definition) is 5. The van der Waals surface area contributed by atoms with Crippen LogP contribution in [0.4, 0.5) is 4.79 Å². The zero-order valence-electron chi connectivity index (χ0n) is 13.2. The molecule has 122 valence electrons. The predicted molar refractivity (Wildman–Crippen MR) is 83.4 cm³/mol. The number of aromatic nitrogens is 5. The summed E-state index contributed by atoms with van der Waals surface area (Å²) in [5.41, 5.74) is 0.781. The van der Waals surface area contributed by atoms with Crippen LogP contribution in [0.15, 0.2) is 12.3 Å². The van der Waals surface area contributed by atoms with Gasteiger partial charge in [-0.15, -0.1) is 10.2 Å². The lowest BCUT2D eigenvalue weighted by Gasteiger charge is -2.09. The molecule has 0 saturated heterocycles. The molecule has 0 fully saturated rings. The Kier molecular flexibility index (Phi) is 4.80. The fraction of sp³-hybridized carbons (Fsp3) is 0.533. The smallest absolute Gasteiger partial charge is 0.315 e. The Morgan fingerprint density at radius 2 is 2.09 bits per heavy atom. The Morgan fingerprint density at radius 1 is 1.22 bits per heavy atom. The maximum Gasteiger partial charge on any atom is 0.315 e. The van der Waals surface area contributed by atoms with Gasteiger partial charge in [-0.3, -0.25) is 0 Å². The fourth-order valence-corrected chi connectivity index (χ4v) is 2.67. The average molecular weight is 315 g/mol. The van der Waals surface area contributed by atoms with E-state index >= 15 is 0 Å². The minimum atomic E-state index is -0.243. The molecule has 0 spiro atoms. The Labute approximate surface area is 134 Å². The van der Waals surface area contributed by atoms with Crippen LogP contribution in [0, 0.1) is 6.92 Å². The molecule has 3 rings (SSSR count). The highest BCUT2D eigenvalue weighted by atomic mass is 16.2. The highest BCUT2D eigenvalue weighted by molar-refractivity contribution is 5.73. The molecule has 2 N–H and O–H groups in total. The third kappa shape index (κ3) is 4.02. The molecular weight excluding hydrogens is 294 g/mol. The molecule has 8 heteroatoms. The summed E-state index contributed by atoms with van der Waals surface area (Å²) in [5, 5.41) is 14.0. The predicted octanol–water partition coefficient (Wildman–Crippen LogP) is 1.10. The molecule has 0 aromatic carbocycles. The van der Waals surface area contributed by atoms with Gasteiger partial charge in [-0.1, -0.05) is 6.42 Å². The molecule has 23 heavy (non-hydrogen) atoms. The molecule has 2 amide bonds. The molecule has 0 aliphatic carbocycles. The quantitative estimate of drug-likeness (QED) is 0.880. The van der Waals surface area contributed by atoms with Crippen LogP contribution in [-0.4, -0.2) is 30.8 Å². The molecule has 8 nitrogen and oxygen atoms in total. The van der Waals surface area contributed by atoms with Gasteiger partial charge in [-0.05, 0) is 25.8 Å². The molecule has 1 aliphatic rings. The van der Waals surface area contributed by atoms with E-state index in [1.54, 1.807) is 12.3 Å². The van der Waals surface area contributed by atoms with Gasteiger partial charge in [0.2, 0.25) is 0 Å². The number of rotatable bonds is 4. The standard InChI is InChI=1S/C15H21N7O/c1-11-16-7-6-12(19-11)9-17-15(23)18-10-14-21-20-13-5-3-2-4-8-22(13)14/h6-7H,2-5,8-10H2,1H3,(H2,17,18,23). The lowest BCUT2D eigenvalue weighted by Crippen LogP contribution is -2.35. The fourth-order valence-electron chi connectivity index (χ4n) is 2.67. The Hall–Kier alpha value is -2.51. The number of aryl methyl sites for hydroxylation is 2. The number of carbonyl (C=O) groups is 1. The number of nitrogens with zero attached hydrogens (tertiary/aromatic N) is 5. The largest absolute Gasteiger partial charge is 0.332 e. The van der Waals surface area contributed by atoms with Crippen molar-refractivity contribution < 1.29 is 4.79 Å². The molecule has 0 atom stereocenters. The van der Waals surface area contributed by atoms with Crippen molar-refractivity contribution in [2.45, 2.75) is 52.2 Å². The Morgan fingerprint density at radius 3 is 2.96 bits per heavy atom. The molecule has 3 heterocycles. The first-order chi connectivity index (χ1) is 11.2. The van der Waals surface area contributed by atoms with E-state index in [-0.39, 0.29) is 6.03 Å². The lowest BCUT2D eigenvalue weighted by atomic mass is 10.2. The van der Waals surface area contributed by atoms with E-state index in [2.05, 4.69) is 35.4 Å². The van der Waals surface area contributed by atoms with Gasteiger partial charge in [0, 0.05) is 19.2 Å². The average Bonchev–Trinajstić information content (AvgIpc) is 2.77. The first-order valence-electron chi connectivity index (χ1n) is 7.93. The number of amides is 2. The second kappa shape index (κ2) is 7.17. The third-order valence-electron chi connectivity index (χ3n) is 3.86. The number of fused-ring (bicyclic) bond motifs is 1. The summed E-state index contributed by atoms with van der Waals surface area (Å²) in [5.74, 6) is 2.53. The number of hydrogen-bond donors (Lipinski definition) is 2. The van der Waals surface area contributed by atoms with E-state index in [0.717, 1.165) is 43.1 Å². The minimum absolute atomic E-state index is 0.243. The van der Waals surface area contributed by atoms with Crippen LogP contribution in [-0.2, 0) is 26.1 Å². The summed E-state index contributed by atoms with van der Waals surface area (Å²) in [6, 6.07) is 1.54. The topological polar surface area (TPSA) is 97.6 Å². The van der Waals surface area contributed by atoms with Gasteiger partial charge in [0.25, 0.3) is 0 Å². The van der Waals surface area contributed by atoms with Crippen molar-refractivity contribution in [1.29, 1.82) is 0 Å². The van der Waals surface area contributed by atoms with Gasteiger partial charge in [-0.2, -0.15) is 0 Å². The molecule has 0 bridgehead atoms. The molecular formula is C15H21N7O. The summed E-state index contributed by atoms with van der Waals surface area (Å²) in [6.07, 6.45) is 6.16. The van der Waals surface area contributed by atoms with Crippen molar-refractivity contribution in [2.24, 2.45) is 0 Å². The van der Waals surface area contributed by atoms with E-state index in [9.17, 15) is 4.79 Å². The second-order valence-corrected chi connectivity index (χ2v) is 5.63. The van der Waals surface area contributed by atoms with Gasteiger partial charge in [0.05, 0.1) is 18.8 Å². The van der Waals surface area contributed by atoms with Crippen LogP contribution in [0.3, 0.4) is 0 Å². The SMILES string of the molecule is Cc1nccc(CNC(=O)NCc2nnc3n2CCCCC3)n1. The van der Waals surface area contributed by atoms with Crippen LogP contribution >= 0.6 is 0 Å². The zero-order valence-corrected chi connectivity index (χ0v) is 13.2. The first-order valence-corrected chi connectivity index (χ1v) is 7.93. The van der Waals surface area contributed by atoms with Gasteiger partial charge in [0.1, 0.15) is 11.6 Å². The van der Waals surface area contributed by atoms with Crippen LogP contribution in [0.2, 0.25) is 0 Å². The van der Waals surface area contributed by atoms with Gasteiger partial charge in [-0.25, -0.2) is 14.8 Å². The summed E-state index contributed by atoms with van der Waals surface area (Å²) >= 11 is 0. The van der Waals surface area contributed by atoms with Gasteiger partial charge < -0.3 is 15.2 Å². The van der Waals surface area contributed by atoms with Crippen LogP contribution < -0.4 is 10.6 Å². The Balaban J connectivity index is 1.50. The normalized spacial score (nSPS) is 14.0. The summed E-state index contributed by atoms with van der Waals surface area (Å²) in [7, 11) is 0. The van der Waals surface area contributed by atoms with E-state index < -0.39 is 0 Å². The van der Waals surface area contributed by atoms with Crippen LogP contribution in [0.1, 0.15) is 42.4 Å². The molecule has 1 aliphatic heterocycles. The van der Waals surface area contributed by atoms with Crippen LogP contribution in [0.25, 0.3) is 0 Å². The zero-order chi connectivity index (χ0) is 16.1. The molecule has 2 aromatic heterocycles. The van der Waals surface area contributed by atoms with Crippen LogP contribution in [0.5, 0.6) is 0 Å². The lowest BCUT2D eigenvalue weighted by molar-refractivity contribution is 0.239. The minimum Gasteiger partial charge on any atom is -0.332 e. The molecule has 0 radical (unpaired) electrons. The monoisotopic (exact) mass is 315 g/mol. The summed E-state index contributed by atoms with van der Waals surface area (Å²) in [6.45, 7) is 3.50. The number of carbonyl (C=O) groups excluding carboxylic acids is 1. The van der Waals surface area contributed by atoms with Crippen molar-refractivity contribution >= 4 is 6.03 Å². The molecule has 0 saturated carbocycles. The molecule has 0 unspecified atom stereocenters. The van der Waals surface area contributed by atoms with Gasteiger partial charge in [0.15, 0.2) is 5.82 Å². The van der Waals surface area contributed by atoms with E-state index in [0.29, 0.717) is 18.9 Å². The highest BCUT2D eigenvalue weighted by Crippen LogP contribution is 2.14. The van der Waals surface area contributed by atoms with Crippen molar-refractivity contribution in [2.75, 3.05) is 0 Å². The number of urea groups is 1. The van der Waals surface area contributed by atoms with Crippen molar-refractivity contribution in [3.8, 4) is 0 Å². The van der Waals surface area contributed by atoms with Crippen molar-refractivity contribution in [3.63, 3.8) is 0 Å². The third-order valence-corrected chi connectivity index (χ3v) is 3.86. The maximum atomic E-state index is 11.9. The maximum absolute atomic E-state index is 11.9. The number of nitrogens with one attached hydrogen (secondary N) is 2. The summed E-state index contributed by atoms with van der Waals surface area (Å²) < 4.78 is 2.13. The van der Waals surface area contributed by atoms with Crippen molar-refractivity contribution in [1.82, 2.24) is 35.4 Å². The Bertz CT molecular complexity index is 682. The van der Waals surface area contributed by atoms with E-state index in [1.165, 1.54) is 6.42 Å². The second-order valence-electron chi connectivity index (χ2n) is 5.63. The first kappa shape index (κ1) is 15.4. The molecule has 2 aromatic rings.